The molecule has 2 rings (SSSR count). The zero-order valence-corrected chi connectivity index (χ0v) is 12.6. The number of ether oxygens (including phenoxy) is 2. The van der Waals surface area contributed by atoms with Crippen LogP contribution in [0.5, 0.6) is 11.5 Å². The Morgan fingerprint density at radius 2 is 1.81 bits per heavy atom. The van der Waals surface area contributed by atoms with E-state index >= 15 is 0 Å². The average molecular weight is 297 g/mol. The molecule has 1 aliphatic heterocycles. The average Bonchev–Trinajstić information content (AvgIpc) is 2.59. The number of aliphatic hydroxyl groups is 1. The van der Waals surface area contributed by atoms with Gasteiger partial charge in [-0.2, -0.15) is 0 Å². The Morgan fingerprint density at radius 1 is 1.24 bits per heavy atom. The normalized spacial score (nSPS) is 12.6. The first-order valence-electron chi connectivity index (χ1n) is 6.52. The van der Waals surface area contributed by atoms with Gasteiger partial charge >= 0.3 is 0 Å². The molecule has 0 fully saturated rings. The fourth-order valence-electron chi connectivity index (χ4n) is 1.54. The second kappa shape index (κ2) is 10.5. The van der Waals surface area contributed by atoms with E-state index in [4.69, 9.17) is 26.2 Å². The van der Waals surface area contributed by atoms with Crippen molar-refractivity contribution >= 4 is 12.0 Å². The van der Waals surface area contributed by atoms with Crippen LogP contribution in [0.1, 0.15) is 19.4 Å². The lowest BCUT2D eigenvalue weighted by atomic mass is 10.1. The van der Waals surface area contributed by atoms with Gasteiger partial charge in [-0.25, -0.2) is 0 Å². The minimum absolute atomic E-state index is 0.127. The zero-order chi connectivity index (χ0) is 16.3. The monoisotopic (exact) mass is 297 g/mol. The molecule has 1 heterocycles. The van der Waals surface area contributed by atoms with E-state index in [9.17, 15) is 4.79 Å². The van der Waals surface area contributed by atoms with Gasteiger partial charge in [-0.1, -0.05) is 13.8 Å². The van der Waals surface area contributed by atoms with E-state index in [1.807, 2.05) is 13.8 Å². The van der Waals surface area contributed by atoms with E-state index in [2.05, 4.69) is 5.43 Å². The molecule has 0 amide bonds. The van der Waals surface area contributed by atoms with Crippen LogP contribution in [0.15, 0.2) is 23.9 Å². The van der Waals surface area contributed by atoms with Crippen molar-refractivity contribution in [1.29, 1.82) is 0 Å². The van der Waals surface area contributed by atoms with Crippen molar-refractivity contribution in [3.8, 4) is 11.5 Å². The first kappa shape index (κ1) is 18.8. The summed E-state index contributed by atoms with van der Waals surface area (Å²) in [4.78, 5) is 10.7. The topological polar surface area (TPSA) is 120 Å². The van der Waals surface area contributed by atoms with Crippen LogP contribution in [0.2, 0.25) is 0 Å². The first-order valence-corrected chi connectivity index (χ1v) is 6.52. The van der Waals surface area contributed by atoms with Crippen molar-refractivity contribution in [2.45, 2.75) is 13.8 Å². The number of nitrogens with one attached hydrogen (secondary N) is 1. The predicted molar refractivity (Wildman–Crippen MR) is 81.4 cm³/mol. The van der Waals surface area contributed by atoms with Crippen LogP contribution >= 0.6 is 0 Å². The maximum absolute atomic E-state index is 10.7. The molecule has 0 unspecified atom stereocenters. The third kappa shape index (κ3) is 4.97. The molecule has 0 aromatic heterocycles. The van der Waals surface area contributed by atoms with E-state index < -0.39 is 0 Å². The smallest absolute Gasteiger partial charge is 0.169 e. The van der Waals surface area contributed by atoms with Gasteiger partial charge in [0.2, 0.25) is 0 Å². The Labute approximate surface area is 124 Å². The summed E-state index contributed by atoms with van der Waals surface area (Å²) in [6.07, 6.45) is 0.562. The van der Waals surface area contributed by atoms with Gasteiger partial charge in [0.05, 0.1) is 5.70 Å². The molecule has 7 heteroatoms. The number of aldehydes is 1. The number of rotatable bonds is 3. The van der Waals surface area contributed by atoms with Crippen molar-refractivity contribution in [1.82, 2.24) is 5.43 Å². The third-order valence-electron chi connectivity index (χ3n) is 2.42. The Morgan fingerprint density at radius 3 is 2.33 bits per heavy atom. The summed E-state index contributed by atoms with van der Waals surface area (Å²) in [5.41, 5.74) is 9.08. The molecule has 118 valence electrons. The molecule has 1 aromatic carbocycles. The van der Waals surface area contributed by atoms with E-state index in [-0.39, 0.29) is 11.4 Å². The molecule has 0 saturated heterocycles. The van der Waals surface area contributed by atoms with E-state index in [1.54, 1.807) is 18.2 Å². The van der Waals surface area contributed by atoms with E-state index in [0.717, 1.165) is 7.11 Å². The largest absolute Gasteiger partial charge is 0.486 e. The van der Waals surface area contributed by atoms with Crippen LogP contribution in [0.4, 0.5) is 0 Å². The Hall–Kier alpha value is -2.25. The molecule has 1 aliphatic rings. The van der Waals surface area contributed by atoms with Crippen LogP contribution in [0, 0.1) is 0 Å². The number of fused-ring (bicyclic) bond motifs is 1. The molecule has 0 spiro atoms. The minimum atomic E-state index is 0.127. The van der Waals surface area contributed by atoms with Gasteiger partial charge in [-0.15, -0.1) is 0 Å². The summed E-state index contributed by atoms with van der Waals surface area (Å²) in [5, 5.41) is 7.00. The van der Waals surface area contributed by atoms with Crippen molar-refractivity contribution in [2.24, 2.45) is 11.6 Å². The van der Waals surface area contributed by atoms with Gasteiger partial charge in [0, 0.05) is 12.7 Å². The maximum Gasteiger partial charge on any atom is 0.169 e. The quantitative estimate of drug-likeness (QED) is 0.275. The highest BCUT2D eigenvalue weighted by Crippen LogP contribution is 2.32. The molecule has 6 N–H and O–H groups in total. The molecule has 0 atom stereocenters. The summed E-state index contributed by atoms with van der Waals surface area (Å²) < 4.78 is 10.8. The SMILES string of the molecule is CC.CO.NN/C(C=O)=C(\N)c1ccc2c(c1)OCCO2. The molecule has 1 aromatic rings. The molecule has 0 saturated carbocycles. The number of benzene rings is 1. The number of aliphatic hydroxyl groups excluding tert-OH is 1. The summed E-state index contributed by atoms with van der Waals surface area (Å²) in [6, 6.07) is 5.20. The fourth-order valence-corrected chi connectivity index (χ4v) is 1.54. The van der Waals surface area contributed by atoms with Gasteiger partial charge < -0.3 is 25.7 Å². The highest BCUT2D eigenvalue weighted by Gasteiger charge is 2.13. The van der Waals surface area contributed by atoms with E-state index in [0.29, 0.717) is 36.6 Å². The lowest BCUT2D eigenvalue weighted by molar-refractivity contribution is -0.105. The van der Waals surface area contributed by atoms with Crippen molar-refractivity contribution in [3.05, 3.63) is 29.5 Å². The minimum Gasteiger partial charge on any atom is -0.486 e. The van der Waals surface area contributed by atoms with Crippen LogP contribution in [0.3, 0.4) is 0 Å². The van der Waals surface area contributed by atoms with Crippen molar-refractivity contribution in [2.75, 3.05) is 20.3 Å². The summed E-state index contributed by atoms with van der Waals surface area (Å²) >= 11 is 0. The third-order valence-corrected chi connectivity index (χ3v) is 2.42. The van der Waals surface area contributed by atoms with Gasteiger partial charge in [0.25, 0.3) is 0 Å². The lowest BCUT2D eigenvalue weighted by Crippen LogP contribution is -2.25. The number of carbonyl (C=O) groups excluding carboxylic acids is 1. The lowest BCUT2D eigenvalue weighted by Gasteiger charge is -2.19. The van der Waals surface area contributed by atoms with Crippen LogP contribution in [-0.4, -0.2) is 31.7 Å². The highest BCUT2D eigenvalue weighted by molar-refractivity contribution is 5.86. The van der Waals surface area contributed by atoms with Crippen LogP contribution in [0.25, 0.3) is 5.70 Å². The predicted octanol–water partition coefficient (Wildman–Crippen LogP) is 0.382. The van der Waals surface area contributed by atoms with Crippen molar-refractivity contribution in [3.63, 3.8) is 0 Å². The number of hydrogen-bond acceptors (Lipinski definition) is 7. The standard InChI is InChI=1S/C11H13N3O3.C2H6.CH4O/c12-11(8(6-15)14-13)7-1-2-9-10(5-7)17-4-3-16-9;2*1-2/h1-2,5-6,14H,3-4,12-13H2;1-2H3;2H,1H3/b11-8-;;. The number of hydrazine groups is 1. The van der Waals surface area contributed by atoms with Gasteiger partial charge in [-0.05, 0) is 18.2 Å². The molecule has 0 radical (unpaired) electrons. The number of hydrogen-bond donors (Lipinski definition) is 4. The molecule has 21 heavy (non-hydrogen) atoms. The summed E-state index contributed by atoms with van der Waals surface area (Å²) in [7, 11) is 1.00. The van der Waals surface area contributed by atoms with Crippen molar-refractivity contribution < 1.29 is 19.4 Å². The van der Waals surface area contributed by atoms with Gasteiger partial charge in [-0.3, -0.25) is 10.6 Å². The molecular weight excluding hydrogens is 274 g/mol. The van der Waals surface area contributed by atoms with Crippen LogP contribution in [-0.2, 0) is 4.79 Å². The zero-order valence-electron chi connectivity index (χ0n) is 12.6. The van der Waals surface area contributed by atoms with E-state index in [1.165, 1.54) is 0 Å². The fraction of sp³-hybridized carbons (Fsp3) is 0.357. The number of nitrogens with two attached hydrogens (primary N) is 2. The summed E-state index contributed by atoms with van der Waals surface area (Å²) in [5.74, 6) is 6.46. The second-order valence-electron chi connectivity index (χ2n) is 3.45. The molecule has 0 bridgehead atoms. The first-order chi connectivity index (χ1) is 10.3. The van der Waals surface area contributed by atoms with Crippen LogP contribution < -0.4 is 26.5 Å². The Bertz CT molecular complexity index is 475. The molecule has 7 nitrogen and oxygen atoms in total. The number of carbonyl (C=O) groups is 1. The molecule has 0 aliphatic carbocycles. The summed E-state index contributed by atoms with van der Waals surface area (Å²) in [6.45, 7) is 5.03. The number of allylic oxidation sites excluding steroid dienone is 1. The molecular formula is C14H23N3O4. The second-order valence-corrected chi connectivity index (χ2v) is 3.45. The maximum atomic E-state index is 10.7. The van der Waals surface area contributed by atoms with Gasteiger partial charge in [0.15, 0.2) is 17.8 Å². The Kier molecular flexibility index (Phi) is 9.40. The van der Waals surface area contributed by atoms with Gasteiger partial charge in [0.1, 0.15) is 18.9 Å². The highest BCUT2D eigenvalue weighted by atomic mass is 16.6. The Balaban J connectivity index is 0.000000921.